The predicted molar refractivity (Wildman–Crippen MR) is 105 cm³/mol. The minimum absolute atomic E-state index is 0.00659. The molecule has 1 N–H and O–H groups in total. The number of rotatable bonds is 8. The summed E-state index contributed by atoms with van der Waals surface area (Å²) < 4.78 is 11.5. The van der Waals surface area contributed by atoms with Gasteiger partial charge in [0.15, 0.2) is 6.61 Å². The van der Waals surface area contributed by atoms with Crippen molar-refractivity contribution in [1.82, 2.24) is 5.32 Å². The van der Waals surface area contributed by atoms with E-state index in [9.17, 15) is 4.79 Å². The van der Waals surface area contributed by atoms with Crippen LogP contribution in [0, 0.1) is 20.8 Å². The van der Waals surface area contributed by atoms with Crippen LogP contribution in [0.3, 0.4) is 0 Å². The summed E-state index contributed by atoms with van der Waals surface area (Å²) in [6, 6.07) is 12.1. The fourth-order valence-electron chi connectivity index (χ4n) is 2.67. The standard InChI is InChI=1S/C22H29NO3/c1-15(2)19-10-9-16(3)13-21(19)26-14-22(24)23-11-12-25-20-8-6-7-17(4)18(20)5/h6-10,13,15H,11-12,14H2,1-5H3,(H,23,24). The largest absolute Gasteiger partial charge is 0.491 e. The van der Waals surface area contributed by atoms with Crippen LogP contribution in [-0.2, 0) is 4.79 Å². The Bertz CT molecular complexity index is 753. The van der Waals surface area contributed by atoms with Crippen LogP contribution in [0.25, 0.3) is 0 Å². The monoisotopic (exact) mass is 355 g/mol. The van der Waals surface area contributed by atoms with Crippen molar-refractivity contribution in [2.24, 2.45) is 0 Å². The van der Waals surface area contributed by atoms with Crippen LogP contribution in [0.4, 0.5) is 0 Å². The fraction of sp³-hybridized carbons (Fsp3) is 0.409. The van der Waals surface area contributed by atoms with Gasteiger partial charge in [-0.05, 0) is 61.1 Å². The van der Waals surface area contributed by atoms with Crippen LogP contribution in [0.5, 0.6) is 11.5 Å². The molecule has 1 amide bonds. The first-order valence-electron chi connectivity index (χ1n) is 9.07. The van der Waals surface area contributed by atoms with E-state index in [0.29, 0.717) is 19.1 Å². The topological polar surface area (TPSA) is 47.6 Å². The molecule has 0 aliphatic rings. The van der Waals surface area contributed by atoms with Crippen molar-refractivity contribution >= 4 is 5.91 Å². The Labute approximate surface area is 156 Å². The highest BCUT2D eigenvalue weighted by molar-refractivity contribution is 5.77. The van der Waals surface area contributed by atoms with E-state index in [-0.39, 0.29) is 12.5 Å². The third-order valence-electron chi connectivity index (χ3n) is 4.39. The number of carbonyl (C=O) groups excluding carboxylic acids is 1. The lowest BCUT2D eigenvalue weighted by molar-refractivity contribution is -0.123. The molecule has 0 unspecified atom stereocenters. The summed E-state index contributed by atoms with van der Waals surface area (Å²) in [5.41, 5.74) is 4.55. The summed E-state index contributed by atoms with van der Waals surface area (Å²) in [6.45, 7) is 11.2. The van der Waals surface area contributed by atoms with Crippen molar-refractivity contribution in [3.05, 3.63) is 58.7 Å². The normalized spacial score (nSPS) is 10.7. The maximum absolute atomic E-state index is 12.0. The van der Waals surface area contributed by atoms with E-state index in [1.165, 1.54) is 5.56 Å². The van der Waals surface area contributed by atoms with E-state index in [1.54, 1.807) is 0 Å². The number of hydrogen-bond acceptors (Lipinski definition) is 3. The van der Waals surface area contributed by atoms with Gasteiger partial charge in [0.05, 0.1) is 6.54 Å². The molecule has 0 heterocycles. The van der Waals surface area contributed by atoms with Gasteiger partial charge in [0.2, 0.25) is 0 Å². The number of carbonyl (C=O) groups is 1. The molecule has 4 heteroatoms. The first kappa shape index (κ1) is 19.8. The molecule has 2 rings (SSSR count). The molecule has 0 aromatic heterocycles. The van der Waals surface area contributed by atoms with E-state index < -0.39 is 0 Å². The maximum Gasteiger partial charge on any atom is 0.258 e. The van der Waals surface area contributed by atoms with Crippen LogP contribution < -0.4 is 14.8 Å². The van der Waals surface area contributed by atoms with E-state index >= 15 is 0 Å². The summed E-state index contributed by atoms with van der Waals surface area (Å²) in [6.07, 6.45) is 0. The van der Waals surface area contributed by atoms with Crippen molar-refractivity contribution in [2.45, 2.75) is 40.5 Å². The first-order valence-corrected chi connectivity index (χ1v) is 9.07. The molecule has 0 fully saturated rings. The number of ether oxygens (including phenoxy) is 2. The summed E-state index contributed by atoms with van der Waals surface area (Å²) in [7, 11) is 0. The summed E-state index contributed by atoms with van der Waals surface area (Å²) in [5, 5.41) is 2.83. The maximum atomic E-state index is 12.0. The molecular weight excluding hydrogens is 326 g/mol. The second kappa shape index (κ2) is 9.27. The van der Waals surface area contributed by atoms with Crippen LogP contribution >= 0.6 is 0 Å². The minimum atomic E-state index is -0.147. The van der Waals surface area contributed by atoms with Crippen molar-refractivity contribution in [2.75, 3.05) is 19.8 Å². The zero-order valence-electron chi connectivity index (χ0n) is 16.4. The number of benzene rings is 2. The Kier molecular flexibility index (Phi) is 7.07. The Balaban J connectivity index is 1.78. The van der Waals surface area contributed by atoms with Gasteiger partial charge >= 0.3 is 0 Å². The molecule has 0 aliphatic heterocycles. The number of hydrogen-bond donors (Lipinski definition) is 1. The Hall–Kier alpha value is -2.49. The summed E-state index contributed by atoms with van der Waals surface area (Å²) in [4.78, 5) is 12.0. The molecule has 26 heavy (non-hydrogen) atoms. The Morgan fingerprint density at radius 1 is 1.04 bits per heavy atom. The molecule has 0 bridgehead atoms. The lowest BCUT2D eigenvalue weighted by Crippen LogP contribution is -2.32. The van der Waals surface area contributed by atoms with Gasteiger partial charge in [0, 0.05) is 0 Å². The van der Waals surface area contributed by atoms with E-state index in [4.69, 9.17) is 9.47 Å². The number of nitrogens with one attached hydrogen (secondary N) is 1. The van der Waals surface area contributed by atoms with Crippen LogP contribution in [0.1, 0.15) is 42.0 Å². The molecular formula is C22H29NO3. The van der Waals surface area contributed by atoms with Crippen molar-refractivity contribution < 1.29 is 14.3 Å². The van der Waals surface area contributed by atoms with E-state index in [1.807, 2.05) is 32.0 Å². The lowest BCUT2D eigenvalue weighted by Gasteiger charge is -2.15. The molecule has 0 saturated carbocycles. The molecule has 4 nitrogen and oxygen atoms in total. The molecule has 140 valence electrons. The lowest BCUT2D eigenvalue weighted by atomic mass is 10.0. The van der Waals surface area contributed by atoms with E-state index in [0.717, 1.165) is 28.2 Å². The highest BCUT2D eigenvalue weighted by Crippen LogP contribution is 2.27. The Morgan fingerprint density at radius 2 is 1.81 bits per heavy atom. The molecule has 2 aromatic rings. The average molecular weight is 355 g/mol. The number of amides is 1. The predicted octanol–water partition coefficient (Wildman–Crippen LogP) is 4.31. The Morgan fingerprint density at radius 3 is 2.54 bits per heavy atom. The highest BCUT2D eigenvalue weighted by Gasteiger charge is 2.10. The van der Waals surface area contributed by atoms with Gasteiger partial charge in [0.1, 0.15) is 18.1 Å². The highest BCUT2D eigenvalue weighted by atomic mass is 16.5. The minimum Gasteiger partial charge on any atom is -0.491 e. The summed E-state index contributed by atoms with van der Waals surface area (Å²) in [5.74, 6) is 1.84. The van der Waals surface area contributed by atoms with Crippen molar-refractivity contribution in [3.8, 4) is 11.5 Å². The zero-order chi connectivity index (χ0) is 19.1. The molecule has 0 atom stereocenters. The second-order valence-electron chi connectivity index (χ2n) is 6.88. The van der Waals surface area contributed by atoms with Gasteiger partial charge in [-0.2, -0.15) is 0 Å². The van der Waals surface area contributed by atoms with Crippen LogP contribution in [0.15, 0.2) is 36.4 Å². The molecule has 0 aliphatic carbocycles. The molecule has 0 saturated heterocycles. The van der Waals surface area contributed by atoms with Crippen molar-refractivity contribution in [1.29, 1.82) is 0 Å². The van der Waals surface area contributed by atoms with Gasteiger partial charge in [-0.1, -0.05) is 38.1 Å². The average Bonchev–Trinajstić information content (AvgIpc) is 2.60. The van der Waals surface area contributed by atoms with Gasteiger partial charge in [0.25, 0.3) is 5.91 Å². The number of aryl methyl sites for hydroxylation is 2. The SMILES string of the molecule is Cc1ccc(C(C)C)c(OCC(=O)NCCOc2cccc(C)c2C)c1. The van der Waals surface area contributed by atoms with Gasteiger partial charge in [-0.25, -0.2) is 0 Å². The quantitative estimate of drug-likeness (QED) is 0.718. The van der Waals surface area contributed by atoms with E-state index in [2.05, 4.69) is 44.3 Å². The molecule has 0 radical (unpaired) electrons. The zero-order valence-corrected chi connectivity index (χ0v) is 16.4. The fourth-order valence-corrected chi connectivity index (χ4v) is 2.67. The van der Waals surface area contributed by atoms with Crippen molar-refractivity contribution in [3.63, 3.8) is 0 Å². The molecule has 2 aromatic carbocycles. The van der Waals surface area contributed by atoms with Crippen LogP contribution in [-0.4, -0.2) is 25.7 Å². The third kappa shape index (κ3) is 5.51. The third-order valence-corrected chi connectivity index (χ3v) is 4.39. The van der Waals surface area contributed by atoms with Crippen LogP contribution in [0.2, 0.25) is 0 Å². The van der Waals surface area contributed by atoms with Gasteiger partial charge < -0.3 is 14.8 Å². The smallest absolute Gasteiger partial charge is 0.258 e. The van der Waals surface area contributed by atoms with Gasteiger partial charge in [-0.15, -0.1) is 0 Å². The second-order valence-corrected chi connectivity index (χ2v) is 6.88. The first-order chi connectivity index (χ1) is 12.4. The summed E-state index contributed by atoms with van der Waals surface area (Å²) >= 11 is 0. The molecule has 0 spiro atoms. The van der Waals surface area contributed by atoms with Gasteiger partial charge in [-0.3, -0.25) is 4.79 Å².